The van der Waals surface area contributed by atoms with Crippen molar-refractivity contribution in [2.24, 2.45) is 5.92 Å². The Kier molecular flexibility index (Phi) is 6.35. The molecule has 0 bridgehead atoms. The second kappa shape index (κ2) is 8.91. The number of hydrogen-bond donors (Lipinski definition) is 1. The van der Waals surface area contributed by atoms with Gasteiger partial charge in [0.2, 0.25) is 0 Å². The molecule has 0 unspecified atom stereocenters. The van der Waals surface area contributed by atoms with E-state index in [0.717, 1.165) is 11.1 Å². The zero-order valence-electron chi connectivity index (χ0n) is 14.9. The van der Waals surface area contributed by atoms with Gasteiger partial charge in [-0.3, -0.25) is 9.59 Å². The average molecular weight is 388 g/mol. The smallest absolute Gasteiger partial charge is 0.303 e. The van der Waals surface area contributed by atoms with Gasteiger partial charge in [0.25, 0.3) is 5.91 Å². The van der Waals surface area contributed by atoms with Gasteiger partial charge in [0, 0.05) is 19.5 Å². The fourth-order valence-electron chi connectivity index (χ4n) is 3.29. The molecule has 6 heteroatoms. The summed E-state index contributed by atoms with van der Waals surface area (Å²) in [5, 5.41) is 9.32. The van der Waals surface area contributed by atoms with Crippen molar-refractivity contribution in [2.75, 3.05) is 19.7 Å². The van der Waals surface area contributed by atoms with Gasteiger partial charge in [0.1, 0.15) is 5.75 Å². The highest BCUT2D eigenvalue weighted by atomic mass is 35.5. The maximum atomic E-state index is 12.3. The second-order valence-electron chi connectivity index (χ2n) is 6.72. The van der Waals surface area contributed by atoms with Crippen LogP contribution in [-0.4, -0.2) is 41.6 Å². The number of carboxylic acids is 1. The lowest BCUT2D eigenvalue weighted by molar-refractivity contribution is -0.139. The van der Waals surface area contributed by atoms with E-state index in [-0.39, 0.29) is 24.9 Å². The molecule has 3 rings (SSSR count). The number of carboxylic acid groups (broad SMARTS) is 1. The number of rotatable bonds is 6. The van der Waals surface area contributed by atoms with E-state index in [1.165, 1.54) is 0 Å². The molecule has 2 aromatic carbocycles. The van der Waals surface area contributed by atoms with Gasteiger partial charge in [-0.05, 0) is 42.0 Å². The minimum Gasteiger partial charge on any atom is -0.482 e. The maximum absolute atomic E-state index is 12.3. The summed E-state index contributed by atoms with van der Waals surface area (Å²) in [6.07, 6.45) is 1.59. The van der Waals surface area contributed by atoms with Gasteiger partial charge in [-0.2, -0.15) is 0 Å². The van der Waals surface area contributed by atoms with Gasteiger partial charge < -0.3 is 14.7 Å². The highest BCUT2D eigenvalue weighted by Gasteiger charge is 2.24. The molecule has 1 heterocycles. The van der Waals surface area contributed by atoms with Gasteiger partial charge in [-0.15, -0.1) is 0 Å². The molecule has 1 N–H and O–H groups in total. The van der Waals surface area contributed by atoms with Crippen molar-refractivity contribution in [1.29, 1.82) is 0 Å². The van der Waals surface area contributed by atoms with Crippen molar-refractivity contribution in [1.82, 2.24) is 4.90 Å². The van der Waals surface area contributed by atoms with Crippen LogP contribution in [0.1, 0.15) is 19.3 Å². The Balaban J connectivity index is 1.53. The topological polar surface area (TPSA) is 66.8 Å². The van der Waals surface area contributed by atoms with Crippen molar-refractivity contribution in [3.63, 3.8) is 0 Å². The van der Waals surface area contributed by atoms with Gasteiger partial charge in [-0.1, -0.05) is 48.0 Å². The fourth-order valence-corrected chi connectivity index (χ4v) is 3.53. The standard InChI is InChI=1S/C21H22ClNO4/c22-18-13-17(16-4-2-1-3-5-16)6-7-19(18)27-14-20(24)23-10-8-15(9-11-23)12-21(25)26/h1-7,13,15H,8-12,14H2,(H,25,26). The monoisotopic (exact) mass is 387 g/mol. The van der Waals surface area contributed by atoms with Crippen LogP contribution in [0, 0.1) is 5.92 Å². The van der Waals surface area contributed by atoms with Crippen LogP contribution in [0.2, 0.25) is 5.02 Å². The van der Waals surface area contributed by atoms with E-state index in [4.69, 9.17) is 21.4 Å². The third-order valence-electron chi connectivity index (χ3n) is 4.82. The van der Waals surface area contributed by atoms with E-state index in [1.807, 2.05) is 42.5 Å². The summed E-state index contributed by atoms with van der Waals surface area (Å²) in [4.78, 5) is 24.8. The molecule has 0 aliphatic carbocycles. The highest BCUT2D eigenvalue weighted by Crippen LogP contribution is 2.30. The van der Waals surface area contributed by atoms with Gasteiger partial charge in [0.05, 0.1) is 5.02 Å². The molecule has 2 aromatic rings. The number of carbonyl (C=O) groups is 2. The number of aliphatic carboxylic acids is 1. The van der Waals surface area contributed by atoms with Gasteiger partial charge in [-0.25, -0.2) is 0 Å². The Labute approximate surface area is 163 Å². The zero-order valence-corrected chi connectivity index (χ0v) is 15.7. The summed E-state index contributed by atoms with van der Waals surface area (Å²) in [5.74, 6) is -0.262. The first-order valence-corrected chi connectivity index (χ1v) is 9.38. The van der Waals surface area contributed by atoms with Crippen LogP contribution in [0.3, 0.4) is 0 Å². The number of nitrogens with zero attached hydrogens (tertiary/aromatic N) is 1. The molecular weight excluding hydrogens is 366 g/mol. The second-order valence-corrected chi connectivity index (χ2v) is 7.13. The van der Waals surface area contributed by atoms with Crippen LogP contribution in [0.5, 0.6) is 5.75 Å². The highest BCUT2D eigenvalue weighted by molar-refractivity contribution is 6.32. The molecule has 0 saturated carbocycles. The van der Waals surface area contributed by atoms with Crippen LogP contribution < -0.4 is 4.74 Å². The zero-order chi connectivity index (χ0) is 19.2. The molecule has 1 amide bonds. The number of carbonyl (C=O) groups excluding carboxylic acids is 1. The average Bonchev–Trinajstić information content (AvgIpc) is 2.67. The predicted molar refractivity (Wildman–Crippen MR) is 104 cm³/mol. The number of piperidine rings is 1. The van der Waals surface area contributed by atoms with E-state index >= 15 is 0 Å². The molecule has 0 radical (unpaired) electrons. The van der Waals surface area contributed by atoms with Crippen molar-refractivity contribution in [2.45, 2.75) is 19.3 Å². The summed E-state index contributed by atoms with van der Waals surface area (Å²) < 4.78 is 5.62. The summed E-state index contributed by atoms with van der Waals surface area (Å²) in [6, 6.07) is 15.4. The van der Waals surface area contributed by atoms with Gasteiger partial charge >= 0.3 is 5.97 Å². The number of hydrogen-bond acceptors (Lipinski definition) is 3. The lowest BCUT2D eigenvalue weighted by atomic mass is 9.94. The number of benzene rings is 2. The first-order valence-electron chi connectivity index (χ1n) is 9.00. The third kappa shape index (κ3) is 5.23. The molecule has 1 aliphatic rings. The summed E-state index contributed by atoms with van der Waals surface area (Å²) in [5.41, 5.74) is 2.05. The molecule has 0 aromatic heterocycles. The van der Waals surface area contributed by atoms with Gasteiger partial charge in [0.15, 0.2) is 6.61 Å². The number of likely N-dealkylation sites (tertiary alicyclic amines) is 1. The summed E-state index contributed by atoms with van der Waals surface area (Å²) in [7, 11) is 0. The van der Waals surface area contributed by atoms with Crippen LogP contribution in [0.15, 0.2) is 48.5 Å². The van der Waals surface area contributed by atoms with Crippen molar-refractivity contribution < 1.29 is 19.4 Å². The normalized spacial score (nSPS) is 14.8. The lowest BCUT2D eigenvalue weighted by Crippen LogP contribution is -2.41. The Morgan fingerprint density at radius 3 is 2.41 bits per heavy atom. The molecule has 1 saturated heterocycles. The van der Waals surface area contributed by atoms with Crippen LogP contribution in [-0.2, 0) is 9.59 Å². The number of halogens is 1. The molecule has 1 aliphatic heterocycles. The van der Waals surface area contributed by atoms with E-state index in [0.29, 0.717) is 36.7 Å². The van der Waals surface area contributed by atoms with Crippen LogP contribution in [0.4, 0.5) is 0 Å². The molecule has 1 fully saturated rings. The molecule has 27 heavy (non-hydrogen) atoms. The summed E-state index contributed by atoms with van der Waals surface area (Å²) in [6.45, 7) is 1.07. The maximum Gasteiger partial charge on any atom is 0.303 e. The fraction of sp³-hybridized carbons (Fsp3) is 0.333. The molecule has 0 atom stereocenters. The lowest BCUT2D eigenvalue weighted by Gasteiger charge is -2.31. The number of ether oxygens (including phenoxy) is 1. The van der Waals surface area contributed by atoms with E-state index in [1.54, 1.807) is 11.0 Å². The Morgan fingerprint density at radius 1 is 1.07 bits per heavy atom. The van der Waals surface area contributed by atoms with Crippen LogP contribution in [0.25, 0.3) is 11.1 Å². The van der Waals surface area contributed by atoms with Crippen molar-refractivity contribution >= 4 is 23.5 Å². The Hall–Kier alpha value is -2.53. The molecular formula is C21H22ClNO4. The Bertz CT molecular complexity index is 801. The predicted octanol–water partition coefficient (Wildman–Crippen LogP) is 4.10. The SMILES string of the molecule is O=C(O)CC1CCN(C(=O)COc2ccc(-c3ccccc3)cc2Cl)CC1. The van der Waals surface area contributed by atoms with Crippen molar-refractivity contribution in [3.05, 3.63) is 53.6 Å². The van der Waals surface area contributed by atoms with E-state index in [2.05, 4.69) is 0 Å². The van der Waals surface area contributed by atoms with E-state index < -0.39 is 5.97 Å². The quantitative estimate of drug-likeness (QED) is 0.810. The molecule has 5 nitrogen and oxygen atoms in total. The van der Waals surface area contributed by atoms with Crippen LogP contribution >= 0.6 is 11.6 Å². The first kappa shape index (κ1) is 19.2. The molecule has 0 spiro atoms. The van der Waals surface area contributed by atoms with E-state index in [9.17, 15) is 9.59 Å². The summed E-state index contributed by atoms with van der Waals surface area (Å²) >= 11 is 6.31. The Morgan fingerprint density at radius 2 is 1.78 bits per heavy atom. The minimum absolute atomic E-state index is 0.0754. The molecule has 142 valence electrons. The minimum atomic E-state index is -0.781. The first-order chi connectivity index (χ1) is 13.0. The van der Waals surface area contributed by atoms with Crippen molar-refractivity contribution in [3.8, 4) is 16.9 Å². The largest absolute Gasteiger partial charge is 0.482 e. The number of amides is 1. The third-order valence-corrected chi connectivity index (χ3v) is 5.12.